The number of halogens is 1. The van der Waals surface area contributed by atoms with E-state index in [1.54, 1.807) is 16.7 Å². The third-order valence-corrected chi connectivity index (χ3v) is 7.28. The molecule has 160 valence electrons. The molecule has 0 aliphatic rings. The highest BCUT2D eigenvalue weighted by Gasteiger charge is 2.30. The number of hydrogen-bond acceptors (Lipinski definition) is 5. The Bertz CT molecular complexity index is 1580. The number of anilines is 1. The van der Waals surface area contributed by atoms with Crippen LogP contribution in [0, 0.1) is 5.82 Å². The molecule has 5 aromatic rings. The van der Waals surface area contributed by atoms with E-state index in [1.807, 2.05) is 36.4 Å². The first-order valence-electron chi connectivity index (χ1n) is 10.1. The van der Waals surface area contributed by atoms with E-state index in [9.17, 15) is 12.8 Å². The van der Waals surface area contributed by atoms with Crippen molar-refractivity contribution in [3.8, 4) is 5.69 Å². The lowest BCUT2D eigenvalue weighted by Gasteiger charge is -2.09. The molecular formula is C24H19FN4O2S. The summed E-state index contributed by atoms with van der Waals surface area (Å²) in [5, 5.41) is 0. The van der Waals surface area contributed by atoms with E-state index in [0.29, 0.717) is 22.4 Å². The molecule has 2 N–H and O–H groups in total. The van der Waals surface area contributed by atoms with E-state index in [0.717, 1.165) is 24.1 Å². The molecule has 0 amide bonds. The summed E-state index contributed by atoms with van der Waals surface area (Å²) in [4.78, 5) is 9.10. The molecule has 5 rings (SSSR count). The van der Waals surface area contributed by atoms with Gasteiger partial charge in [0.2, 0.25) is 9.84 Å². The molecule has 0 atom stereocenters. The summed E-state index contributed by atoms with van der Waals surface area (Å²) in [6.45, 7) is 2.05. The molecule has 8 heteroatoms. The highest BCUT2D eigenvalue weighted by molar-refractivity contribution is 7.92. The Morgan fingerprint density at radius 2 is 1.53 bits per heavy atom. The number of benzene rings is 3. The molecule has 3 aromatic carbocycles. The molecule has 2 heterocycles. The highest BCUT2D eigenvalue weighted by Crippen LogP contribution is 2.37. The molecule has 6 nitrogen and oxygen atoms in total. The van der Waals surface area contributed by atoms with Crippen molar-refractivity contribution in [3.05, 3.63) is 84.2 Å². The second kappa shape index (κ2) is 7.42. The zero-order chi connectivity index (χ0) is 22.5. The summed E-state index contributed by atoms with van der Waals surface area (Å²) in [5.74, 6) is -0.523. The maximum atomic E-state index is 13.6. The molecule has 0 radical (unpaired) electrons. The van der Waals surface area contributed by atoms with Gasteiger partial charge >= 0.3 is 0 Å². The van der Waals surface area contributed by atoms with Crippen LogP contribution in [0.5, 0.6) is 0 Å². The van der Waals surface area contributed by atoms with Gasteiger partial charge in [0.15, 0.2) is 5.65 Å². The molecule has 0 spiro atoms. The van der Waals surface area contributed by atoms with E-state index in [-0.39, 0.29) is 21.1 Å². The molecule has 0 bridgehead atoms. The standard InChI is InChI=1S/C24H19FN4O2S/c1-2-15-7-11-17(12-8-15)29-23(26)22(32(30,31)18-13-9-16(25)10-14-18)21-24(29)28-20-6-4-3-5-19(20)27-21/h3-14H,2,26H2,1H3. The SMILES string of the molecule is CCc1ccc(-n2c(N)c(S(=O)(=O)c3ccc(F)cc3)c3nc4ccccc4nc32)cc1. The molecule has 0 unspecified atom stereocenters. The minimum atomic E-state index is -4.10. The topological polar surface area (TPSA) is 90.9 Å². The fourth-order valence-corrected chi connectivity index (χ4v) is 5.26. The van der Waals surface area contributed by atoms with Crippen molar-refractivity contribution in [2.75, 3.05) is 5.73 Å². The third-order valence-electron chi connectivity index (χ3n) is 5.45. The summed E-state index contributed by atoms with van der Waals surface area (Å²) in [6.07, 6.45) is 0.872. The van der Waals surface area contributed by atoms with Crippen LogP contribution < -0.4 is 5.73 Å². The molecule has 32 heavy (non-hydrogen) atoms. The Kier molecular flexibility index (Phi) is 4.67. The number of sulfone groups is 1. The first kappa shape index (κ1) is 20.1. The van der Waals surface area contributed by atoms with E-state index < -0.39 is 15.7 Å². The van der Waals surface area contributed by atoms with Gasteiger partial charge in [-0.2, -0.15) is 0 Å². The molecular weight excluding hydrogens is 427 g/mol. The summed E-state index contributed by atoms with van der Waals surface area (Å²) in [5.41, 5.74) is 9.96. The van der Waals surface area contributed by atoms with Gasteiger partial charge in [0.05, 0.1) is 15.9 Å². The average Bonchev–Trinajstić information content (AvgIpc) is 3.09. The van der Waals surface area contributed by atoms with Crippen LogP contribution in [0.15, 0.2) is 82.6 Å². The van der Waals surface area contributed by atoms with Gasteiger partial charge in [0, 0.05) is 5.69 Å². The Morgan fingerprint density at radius 3 is 2.16 bits per heavy atom. The Hall–Kier alpha value is -3.78. The van der Waals surface area contributed by atoms with E-state index in [4.69, 9.17) is 10.7 Å². The predicted octanol–water partition coefficient (Wildman–Crippen LogP) is 4.69. The minimum Gasteiger partial charge on any atom is -0.384 e. The number of rotatable bonds is 4. The number of fused-ring (bicyclic) bond motifs is 2. The Labute approximate surface area is 184 Å². The van der Waals surface area contributed by atoms with Gasteiger partial charge in [0.1, 0.15) is 22.0 Å². The average molecular weight is 447 g/mol. The van der Waals surface area contributed by atoms with Crippen LogP contribution in [0.1, 0.15) is 12.5 Å². The van der Waals surface area contributed by atoms with Crippen molar-refractivity contribution in [1.82, 2.24) is 14.5 Å². The summed E-state index contributed by atoms with van der Waals surface area (Å²) >= 11 is 0. The van der Waals surface area contributed by atoms with Gasteiger partial charge < -0.3 is 5.73 Å². The second-order valence-corrected chi connectivity index (χ2v) is 9.30. The fourth-order valence-electron chi connectivity index (χ4n) is 3.77. The van der Waals surface area contributed by atoms with Crippen LogP contribution in [-0.4, -0.2) is 23.0 Å². The quantitative estimate of drug-likeness (QED) is 0.405. The largest absolute Gasteiger partial charge is 0.384 e. The molecule has 0 aliphatic carbocycles. The first-order valence-corrected chi connectivity index (χ1v) is 11.5. The van der Waals surface area contributed by atoms with E-state index in [2.05, 4.69) is 11.9 Å². The molecule has 0 saturated heterocycles. The fraction of sp³-hybridized carbons (Fsp3) is 0.0833. The van der Waals surface area contributed by atoms with Gasteiger partial charge in [-0.05, 0) is 60.5 Å². The summed E-state index contributed by atoms with van der Waals surface area (Å²) < 4.78 is 42.2. The smallest absolute Gasteiger partial charge is 0.212 e. The number of aryl methyl sites for hydroxylation is 1. The minimum absolute atomic E-state index is 0.00359. The number of nitrogen functional groups attached to an aromatic ring is 1. The van der Waals surface area contributed by atoms with E-state index in [1.165, 1.54) is 12.1 Å². The summed E-state index contributed by atoms with van der Waals surface area (Å²) in [6, 6.07) is 19.5. The third kappa shape index (κ3) is 3.11. The van der Waals surface area contributed by atoms with Crippen LogP contribution in [0.4, 0.5) is 10.2 Å². The lowest BCUT2D eigenvalue weighted by atomic mass is 10.1. The van der Waals surface area contributed by atoms with Crippen molar-refractivity contribution in [1.29, 1.82) is 0 Å². The van der Waals surface area contributed by atoms with Gasteiger partial charge in [0.25, 0.3) is 0 Å². The van der Waals surface area contributed by atoms with Crippen molar-refractivity contribution in [3.63, 3.8) is 0 Å². The number of nitrogens with two attached hydrogens (primary N) is 1. The van der Waals surface area contributed by atoms with Crippen molar-refractivity contribution in [2.24, 2.45) is 0 Å². The maximum Gasteiger partial charge on any atom is 0.212 e. The van der Waals surface area contributed by atoms with Crippen LogP contribution in [0.3, 0.4) is 0 Å². The van der Waals surface area contributed by atoms with Crippen molar-refractivity contribution in [2.45, 2.75) is 23.1 Å². The van der Waals surface area contributed by atoms with Gasteiger partial charge in [-0.3, -0.25) is 4.57 Å². The Morgan fingerprint density at radius 1 is 0.906 bits per heavy atom. The predicted molar refractivity (Wildman–Crippen MR) is 122 cm³/mol. The second-order valence-electron chi connectivity index (χ2n) is 7.41. The van der Waals surface area contributed by atoms with Crippen molar-refractivity contribution < 1.29 is 12.8 Å². The van der Waals surface area contributed by atoms with E-state index >= 15 is 0 Å². The highest BCUT2D eigenvalue weighted by atomic mass is 32.2. The van der Waals surface area contributed by atoms with Gasteiger partial charge in [-0.25, -0.2) is 22.8 Å². The zero-order valence-corrected chi connectivity index (χ0v) is 18.0. The van der Waals surface area contributed by atoms with Crippen molar-refractivity contribution >= 4 is 37.9 Å². The summed E-state index contributed by atoms with van der Waals surface area (Å²) in [7, 11) is -4.10. The zero-order valence-electron chi connectivity index (χ0n) is 17.2. The first-order chi connectivity index (χ1) is 15.4. The maximum absolute atomic E-state index is 13.6. The monoisotopic (exact) mass is 446 g/mol. The number of hydrogen-bond donors (Lipinski definition) is 1. The van der Waals surface area contributed by atoms with Crippen LogP contribution >= 0.6 is 0 Å². The lowest BCUT2D eigenvalue weighted by Crippen LogP contribution is -2.07. The van der Waals surface area contributed by atoms with Gasteiger partial charge in [-0.1, -0.05) is 31.2 Å². The molecule has 0 aliphatic heterocycles. The molecule has 0 saturated carbocycles. The normalized spacial score (nSPS) is 11.9. The number of para-hydroxylation sites is 2. The Balaban J connectivity index is 1.87. The lowest BCUT2D eigenvalue weighted by molar-refractivity contribution is 0.595. The molecule has 2 aromatic heterocycles. The van der Waals surface area contributed by atoms with Gasteiger partial charge in [-0.15, -0.1) is 0 Å². The van der Waals surface area contributed by atoms with Crippen LogP contribution in [0.2, 0.25) is 0 Å². The molecule has 0 fully saturated rings. The van der Waals surface area contributed by atoms with Crippen LogP contribution in [-0.2, 0) is 16.3 Å². The number of aromatic nitrogens is 3. The number of nitrogens with zero attached hydrogens (tertiary/aromatic N) is 3. The van der Waals surface area contributed by atoms with Crippen LogP contribution in [0.25, 0.3) is 27.9 Å².